The van der Waals surface area contributed by atoms with Crippen molar-refractivity contribution in [3.63, 3.8) is 0 Å². The van der Waals surface area contributed by atoms with E-state index in [1.807, 2.05) is 19.9 Å². The van der Waals surface area contributed by atoms with Crippen LogP contribution >= 0.6 is 0 Å². The van der Waals surface area contributed by atoms with E-state index >= 15 is 0 Å². The van der Waals surface area contributed by atoms with Crippen LogP contribution in [0.2, 0.25) is 0 Å². The first kappa shape index (κ1) is 8.74. The van der Waals surface area contributed by atoms with Crippen LogP contribution in [0.1, 0.15) is 11.1 Å². The summed E-state index contributed by atoms with van der Waals surface area (Å²) in [5.74, 6) is 0. The molecule has 4 nitrogen and oxygen atoms in total. The quantitative estimate of drug-likeness (QED) is 0.646. The van der Waals surface area contributed by atoms with Crippen LogP contribution in [0.4, 0.5) is 0 Å². The maximum atomic E-state index is 11.5. The van der Waals surface area contributed by atoms with Crippen molar-refractivity contribution in [1.29, 1.82) is 0 Å². The molecule has 0 amide bonds. The Kier molecular flexibility index (Phi) is 1.77. The van der Waals surface area contributed by atoms with Gasteiger partial charge >= 0.3 is 5.69 Å². The Morgan fingerprint density at radius 1 is 1.07 bits per heavy atom. The van der Waals surface area contributed by atoms with E-state index in [4.69, 9.17) is 0 Å². The lowest BCUT2D eigenvalue weighted by molar-refractivity contribution is 1.08. The Balaban J connectivity index is 3.10. The van der Waals surface area contributed by atoms with E-state index in [2.05, 4.69) is 9.97 Å². The van der Waals surface area contributed by atoms with Gasteiger partial charge in [0.25, 0.3) is 5.56 Å². The lowest BCUT2D eigenvalue weighted by Gasteiger charge is -2.01. The molecule has 0 spiro atoms. The lowest BCUT2D eigenvalue weighted by Crippen LogP contribution is -2.22. The number of hydrogen-bond acceptors (Lipinski definition) is 2. The fourth-order valence-electron chi connectivity index (χ4n) is 1.69. The summed E-state index contributed by atoms with van der Waals surface area (Å²) in [7, 11) is 0. The summed E-state index contributed by atoms with van der Waals surface area (Å²) in [5.41, 5.74) is 1.69. The van der Waals surface area contributed by atoms with Crippen molar-refractivity contribution in [2.75, 3.05) is 0 Å². The summed E-state index contributed by atoms with van der Waals surface area (Å²) in [6.45, 7) is 3.77. The maximum Gasteiger partial charge on any atom is 0.326 e. The predicted octanol–water partition coefficient (Wildman–Crippen LogP) is 0.833. The average molecular weight is 190 g/mol. The Morgan fingerprint density at radius 3 is 2.50 bits per heavy atom. The van der Waals surface area contributed by atoms with Crippen LogP contribution < -0.4 is 11.2 Å². The Hall–Kier alpha value is -1.84. The predicted molar refractivity (Wildman–Crippen MR) is 54.7 cm³/mol. The number of H-pyrrole nitrogens is 2. The van der Waals surface area contributed by atoms with Crippen molar-refractivity contribution >= 4 is 10.9 Å². The van der Waals surface area contributed by atoms with Crippen LogP contribution in [0.25, 0.3) is 10.9 Å². The highest BCUT2D eigenvalue weighted by atomic mass is 16.2. The summed E-state index contributed by atoms with van der Waals surface area (Å²) in [5, 5.41) is 0.551. The van der Waals surface area contributed by atoms with Crippen molar-refractivity contribution in [1.82, 2.24) is 9.97 Å². The molecule has 0 saturated carbocycles. The molecule has 0 atom stereocenters. The molecule has 2 aromatic rings. The molecule has 4 heteroatoms. The average Bonchev–Trinajstić information content (AvgIpc) is 1.99. The molecule has 0 fully saturated rings. The van der Waals surface area contributed by atoms with Crippen molar-refractivity contribution in [3.8, 4) is 0 Å². The molecule has 2 N–H and O–H groups in total. The number of nitrogens with one attached hydrogen (secondary N) is 2. The summed E-state index contributed by atoms with van der Waals surface area (Å²) >= 11 is 0. The van der Waals surface area contributed by atoms with E-state index in [9.17, 15) is 9.59 Å². The Bertz CT molecular complexity index is 608. The van der Waals surface area contributed by atoms with E-state index in [1.54, 1.807) is 6.07 Å². The third kappa shape index (κ3) is 1.25. The second-order valence-electron chi connectivity index (χ2n) is 3.41. The molecule has 72 valence electrons. The zero-order valence-corrected chi connectivity index (χ0v) is 7.97. The monoisotopic (exact) mass is 190 g/mol. The van der Waals surface area contributed by atoms with Crippen LogP contribution in [-0.4, -0.2) is 9.97 Å². The Morgan fingerprint density at radius 2 is 1.79 bits per heavy atom. The fourth-order valence-corrected chi connectivity index (χ4v) is 1.69. The number of aromatic amines is 2. The van der Waals surface area contributed by atoms with Gasteiger partial charge in [0.1, 0.15) is 0 Å². The largest absolute Gasteiger partial charge is 0.326 e. The number of aromatic nitrogens is 2. The van der Waals surface area contributed by atoms with Gasteiger partial charge in [-0.05, 0) is 31.0 Å². The number of rotatable bonds is 0. The van der Waals surface area contributed by atoms with Gasteiger partial charge in [-0.2, -0.15) is 0 Å². The fraction of sp³-hybridized carbons (Fsp3) is 0.200. The van der Waals surface area contributed by atoms with Gasteiger partial charge in [0.05, 0.1) is 10.9 Å². The highest BCUT2D eigenvalue weighted by molar-refractivity contribution is 5.81. The topological polar surface area (TPSA) is 65.7 Å². The van der Waals surface area contributed by atoms with Gasteiger partial charge in [-0.1, -0.05) is 6.07 Å². The maximum absolute atomic E-state index is 11.5. The van der Waals surface area contributed by atoms with Gasteiger partial charge in [0.2, 0.25) is 0 Å². The minimum absolute atomic E-state index is 0.332. The van der Waals surface area contributed by atoms with Crippen LogP contribution in [0, 0.1) is 13.8 Å². The van der Waals surface area contributed by atoms with Crippen LogP contribution in [0.3, 0.4) is 0 Å². The van der Waals surface area contributed by atoms with Crippen LogP contribution in [0.15, 0.2) is 21.7 Å². The molecule has 2 rings (SSSR count). The molecule has 1 aromatic carbocycles. The minimum atomic E-state index is -0.465. The van der Waals surface area contributed by atoms with Gasteiger partial charge in [-0.15, -0.1) is 0 Å². The number of hydrogen-bond donors (Lipinski definition) is 2. The van der Waals surface area contributed by atoms with E-state index in [-0.39, 0.29) is 5.56 Å². The zero-order valence-electron chi connectivity index (χ0n) is 7.97. The highest BCUT2D eigenvalue weighted by Crippen LogP contribution is 2.13. The molecule has 0 aliphatic heterocycles. The molecule has 1 aromatic heterocycles. The first-order chi connectivity index (χ1) is 6.58. The molecule has 0 aliphatic carbocycles. The standard InChI is InChI=1S/C10H10N2O2/c1-5-3-6(2)8-7(4-5)11-10(14)12-9(8)13/h3-4H,1-2H3,(H2,11,12,13,14). The van der Waals surface area contributed by atoms with Crippen LogP contribution in [0.5, 0.6) is 0 Å². The van der Waals surface area contributed by atoms with Gasteiger partial charge in [-0.25, -0.2) is 4.79 Å². The zero-order chi connectivity index (χ0) is 10.3. The van der Waals surface area contributed by atoms with E-state index in [0.717, 1.165) is 11.1 Å². The molecule has 0 saturated heterocycles. The minimum Gasteiger partial charge on any atom is -0.307 e. The van der Waals surface area contributed by atoms with Crippen molar-refractivity contribution < 1.29 is 0 Å². The molecule has 0 bridgehead atoms. The highest BCUT2D eigenvalue weighted by Gasteiger charge is 2.03. The number of benzene rings is 1. The summed E-state index contributed by atoms with van der Waals surface area (Å²) in [4.78, 5) is 27.3. The van der Waals surface area contributed by atoms with Gasteiger partial charge in [0.15, 0.2) is 0 Å². The van der Waals surface area contributed by atoms with E-state index in [0.29, 0.717) is 10.9 Å². The second-order valence-corrected chi connectivity index (χ2v) is 3.41. The molecule has 14 heavy (non-hydrogen) atoms. The normalized spacial score (nSPS) is 10.7. The lowest BCUT2D eigenvalue weighted by atomic mass is 10.1. The SMILES string of the molecule is Cc1cc(C)c2c(=O)[nH]c(=O)[nH]c2c1. The smallest absolute Gasteiger partial charge is 0.307 e. The third-order valence-corrected chi connectivity index (χ3v) is 2.18. The van der Waals surface area contributed by atoms with Crippen molar-refractivity contribution in [2.45, 2.75) is 13.8 Å². The number of aryl methyl sites for hydroxylation is 2. The Labute approximate surface area is 79.6 Å². The van der Waals surface area contributed by atoms with Crippen molar-refractivity contribution in [2.24, 2.45) is 0 Å². The molecule has 0 aliphatic rings. The van der Waals surface area contributed by atoms with Gasteiger partial charge < -0.3 is 4.98 Å². The molecule has 0 unspecified atom stereocenters. The van der Waals surface area contributed by atoms with Gasteiger partial charge in [-0.3, -0.25) is 9.78 Å². The van der Waals surface area contributed by atoms with E-state index in [1.165, 1.54) is 0 Å². The molecule has 0 radical (unpaired) electrons. The molecular formula is C10H10N2O2. The van der Waals surface area contributed by atoms with E-state index < -0.39 is 5.69 Å². The second kappa shape index (κ2) is 2.83. The first-order valence-electron chi connectivity index (χ1n) is 4.31. The van der Waals surface area contributed by atoms with Crippen LogP contribution in [-0.2, 0) is 0 Å². The molecule has 1 heterocycles. The summed E-state index contributed by atoms with van der Waals surface area (Å²) < 4.78 is 0. The van der Waals surface area contributed by atoms with Gasteiger partial charge in [0, 0.05) is 0 Å². The first-order valence-corrected chi connectivity index (χ1v) is 4.31. The summed E-state index contributed by atoms with van der Waals surface area (Å²) in [6.07, 6.45) is 0. The molecular weight excluding hydrogens is 180 g/mol. The number of fused-ring (bicyclic) bond motifs is 1. The van der Waals surface area contributed by atoms with Crippen molar-refractivity contribution in [3.05, 3.63) is 44.1 Å². The third-order valence-electron chi connectivity index (χ3n) is 2.18. The summed E-state index contributed by atoms with van der Waals surface area (Å²) in [6, 6.07) is 3.70.